The third-order valence-electron chi connectivity index (χ3n) is 4.43. The molecule has 0 fully saturated rings. The molecular formula is C18H22N4O6S. The van der Waals surface area contributed by atoms with Crippen LogP contribution in [0.4, 0.5) is 5.82 Å². The summed E-state index contributed by atoms with van der Waals surface area (Å²) in [6.07, 6.45) is 2.26. The molecule has 2 aromatic rings. The van der Waals surface area contributed by atoms with Crippen molar-refractivity contribution >= 4 is 21.7 Å². The maximum Gasteiger partial charge on any atom is 0.342 e. The van der Waals surface area contributed by atoms with Crippen LogP contribution in [-0.4, -0.2) is 39.1 Å². The van der Waals surface area contributed by atoms with Gasteiger partial charge in [-0.05, 0) is 29.6 Å². The second kappa shape index (κ2) is 8.11. The number of aryl methyl sites for hydroxylation is 1. The van der Waals surface area contributed by atoms with Gasteiger partial charge in [0.25, 0.3) is 0 Å². The fourth-order valence-corrected chi connectivity index (χ4v) is 4.13. The van der Waals surface area contributed by atoms with Crippen molar-refractivity contribution in [2.45, 2.75) is 37.6 Å². The third kappa shape index (κ3) is 5.25. The van der Waals surface area contributed by atoms with Crippen molar-refractivity contribution in [1.29, 1.82) is 0 Å². The van der Waals surface area contributed by atoms with Crippen LogP contribution in [0.15, 0.2) is 40.9 Å². The van der Waals surface area contributed by atoms with Gasteiger partial charge in [-0.25, -0.2) is 18.0 Å². The molecule has 0 aliphatic heterocycles. The Bertz CT molecular complexity index is 1070. The van der Waals surface area contributed by atoms with Gasteiger partial charge in [0.15, 0.2) is 9.84 Å². The van der Waals surface area contributed by atoms with Crippen molar-refractivity contribution in [1.82, 2.24) is 9.55 Å². The molecule has 0 aliphatic carbocycles. The molecule has 0 spiro atoms. The molecule has 0 atom stereocenters. The molecule has 0 unspecified atom stereocenters. The zero-order valence-corrected chi connectivity index (χ0v) is 17.3. The molecule has 10 nitrogen and oxygen atoms in total. The van der Waals surface area contributed by atoms with E-state index in [-0.39, 0.29) is 28.5 Å². The highest BCUT2D eigenvalue weighted by molar-refractivity contribution is 7.91. The molecule has 0 radical (unpaired) electrons. The number of hydrogen-bond acceptors (Lipinski definition) is 7. The average Bonchev–Trinajstić information content (AvgIpc) is 2.95. The van der Waals surface area contributed by atoms with E-state index in [1.54, 1.807) is 12.1 Å². The van der Waals surface area contributed by atoms with Crippen LogP contribution in [-0.2, 0) is 16.9 Å². The molecule has 1 aromatic carbocycles. The van der Waals surface area contributed by atoms with Crippen LogP contribution in [0.5, 0.6) is 0 Å². The van der Waals surface area contributed by atoms with E-state index >= 15 is 0 Å². The summed E-state index contributed by atoms with van der Waals surface area (Å²) in [5.41, 5.74) is -0.295. The smallest absolute Gasteiger partial charge is 0.342 e. The number of aromatic nitrogens is 2. The molecule has 0 amide bonds. The van der Waals surface area contributed by atoms with E-state index in [4.69, 9.17) is 0 Å². The molecule has 0 bridgehead atoms. The average molecular weight is 422 g/mol. The number of rotatable bonds is 8. The SMILES string of the molecule is Cc1ccc(S(=O)(=O)C/C(=C\c2ncc([N+](=O)[O-])n2C)CC(C)(C)[N+](=O)[O-])cc1. The fraction of sp³-hybridized carbons (Fsp3) is 0.389. The predicted molar refractivity (Wildman–Crippen MR) is 107 cm³/mol. The Hall–Kier alpha value is -3.08. The topological polar surface area (TPSA) is 138 Å². The monoisotopic (exact) mass is 422 g/mol. The second-order valence-electron chi connectivity index (χ2n) is 7.41. The van der Waals surface area contributed by atoms with Crippen LogP contribution >= 0.6 is 0 Å². The van der Waals surface area contributed by atoms with Crippen LogP contribution in [0.25, 0.3) is 6.08 Å². The highest BCUT2D eigenvalue weighted by Gasteiger charge is 2.34. The number of hydrogen-bond donors (Lipinski definition) is 0. The minimum absolute atomic E-state index is 0.0960. The molecule has 0 N–H and O–H groups in total. The zero-order valence-electron chi connectivity index (χ0n) is 16.5. The summed E-state index contributed by atoms with van der Waals surface area (Å²) < 4.78 is 26.9. The van der Waals surface area contributed by atoms with Gasteiger partial charge >= 0.3 is 5.82 Å². The molecular weight excluding hydrogens is 400 g/mol. The zero-order chi connectivity index (χ0) is 22.0. The van der Waals surface area contributed by atoms with Gasteiger partial charge < -0.3 is 10.1 Å². The molecule has 0 saturated heterocycles. The lowest BCUT2D eigenvalue weighted by atomic mass is 9.96. The summed E-state index contributed by atoms with van der Waals surface area (Å²) in [6.45, 7) is 4.61. The van der Waals surface area contributed by atoms with Gasteiger partial charge in [-0.3, -0.25) is 10.1 Å². The first-order chi connectivity index (χ1) is 13.3. The standard InChI is InChI=1S/C18H22N4O6S/c1-13-5-7-15(8-6-13)29(27,28)12-14(10-18(2,3)22(25)26)9-16-19-11-17(20(16)4)21(23)24/h5-9,11H,10,12H2,1-4H3/b14-9-. The Morgan fingerprint density at radius 3 is 2.28 bits per heavy atom. The molecule has 0 aliphatic rings. The van der Waals surface area contributed by atoms with Crippen LogP contribution in [0, 0.1) is 27.2 Å². The highest BCUT2D eigenvalue weighted by atomic mass is 32.2. The first kappa shape index (κ1) is 22.2. The first-order valence-electron chi connectivity index (χ1n) is 8.63. The van der Waals surface area contributed by atoms with Crippen molar-refractivity contribution in [3.8, 4) is 0 Å². The van der Waals surface area contributed by atoms with E-state index in [0.29, 0.717) is 0 Å². The number of imidazole rings is 1. The molecule has 11 heteroatoms. The Morgan fingerprint density at radius 2 is 1.79 bits per heavy atom. The van der Waals surface area contributed by atoms with E-state index in [2.05, 4.69) is 4.98 Å². The number of sulfone groups is 1. The summed E-state index contributed by atoms with van der Waals surface area (Å²) >= 11 is 0. The van der Waals surface area contributed by atoms with Crippen LogP contribution in [0.2, 0.25) is 0 Å². The minimum atomic E-state index is -3.78. The number of nitro groups is 2. The van der Waals surface area contributed by atoms with Gasteiger partial charge in [0.05, 0.1) is 17.7 Å². The van der Waals surface area contributed by atoms with Crippen molar-refractivity contribution in [3.63, 3.8) is 0 Å². The first-order valence-corrected chi connectivity index (χ1v) is 10.3. The van der Waals surface area contributed by atoms with Crippen molar-refractivity contribution in [2.75, 3.05) is 5.75 Å². The molecule has 156 valence electrons. The van der Waals surface area contributed by atoms with Gasteiger partial charge in [-0.1, -0.05) is 17.7 Å². The molecule has 2 rings (SSSR count). The van der Waals surface area contributed by atoms with Crippen LogP contribution in [0.3, 0.4) is 0 Å². The minimum Gasteiger partial charge on any atom is -0.358 e. The molecule has 0 saturated carbocycles. The van der Waals surface area contributed by atoms with E-state index < -0.39 is 31.0 Å². The quantitative estimate of drug-likeness (QED) is 0.471. The predicted octanol–water partition coefficient (Wildman–Crippen LogP) is 2.94. The largest absolute Gasteiger partial charge is 0.358 e. The van der Waals surface area contributed by atoms with Gasteiger partial charge in [0.2, 0.25) is 11.4 Å². The van der Waals surface area contributed by atoms with E-state index in [1.807, 2.05) is 6.92 Å². The summed E-state index contributed by atoms with van der Waals surface area (Å²) in [5.74, 6) is -0.593. The van der Waals surface area contributed by atoms with E-state index in [1.165, 1.54) is 43.7 Å². The fourth-order valence-electron chi connectivity index (χ4n) is 2.74. The Balaban J connectivity index is 2.49. The van der Waals surface area contributed by atoms with Crippen molar-refractivity contribution in [2.24, 2.45) is 7.05 Å². The molecule has 1 heterocycles. The summed E-state index contributed by atoms with van der Waals surface area (Å²) in [4.78, 5) is 25.3. The van der Waals surface area contributed by atoms with Crippen molar-refractivity contribution < 1.29 is 18.3 Å². The maximum absolute atomic E-state index is 12.9. The summed E-state index contributed by atoms with van der Waals surface area (Å²) in [7, 11) is -2.36. The van der Waals surface area contributed by atoms with Gasteiger partial charge in [0, 0.05) is 31.3 Å². The summed E-state index contributed by atoms with van der Waals surface area (Å²) in [5, 5.41) is 22.4. The highest BCUT2D eigenvalue weighted by Crippen LogP contribution is 2.26. The second-order valence-corrected chi connectivity index (χ2v) is 9.40. The normalized spacial score (nSPS) is 12.8. The molecule has 1 aromatic heterocycles. The van der Waals surface area contributed by atoms with Gasteiger partial charge in [0.1, 0.15) is 6.20 Å². The Morgan fingerprint density at radius 1 is 1.21 bits per heavy atom. The Kier molecular flexibility index (Phi) is 6.21. The lowest BCUT2D eigenvalue weighted by molar-refractivity contribution is -0.559. The van der Waals surface area contributed by atoms with Gasteiger partial charge in [-0.15, -0.1) is 0 Å². The maximum atomic E-state index is 12.9. The van der Waals surface area contributed by atoms with Crippen molar-refractivity contribution in [3.05, 3.63) is 67.7 Å². The third-order valence-corrected chi connectivity index (χ3v) is 6.17. The Labute approximate surface area is 168 Å². The van der Waals surface area contributed by atoms with Crippen LogP contribution < -0.4 is 0 Å². The van der Waals surface area contributed by atoms with E-state index in [0.717, 1.165) is 11.8 Å². The van der Waals surface area contributed by atoms with Gasteiger partial charge in [-0.2, -0.15) is 0 Å². The number of nitrogens with zero attached hydrogens (tertiary/aromatic N) is 4. The lowest BCUT2D eigenvalue weighted by Gasteiger charge is -2.18. The number of benzene rings is 1. The summed E-state index contributed by atoms with van der Waals surface area (Å²) in [6, 6.07) is 6.29. The van der Waals surface area contributed by atoms with Crippen LogP contribution in [0.1, 0.15) is 31.7 Å². The lowest BCUT2D eigenvalue weighted by Crippen LogP contribution is -2.32. The molecule has 29 heavy (non-hydrogen) atoms. The van der Waals surface area contributed by atoms with E-state index in [9.17, 15) is 28.6 Å².